The summed E-state index contributed by atoms with van der Waals surface area (Å²) in [7, 11) is 1.68. The number of nitrogens with zero attached hydrogens (tertiary/aromatic N) is 2. The number of benzene rings is 1. The van der Waals surface area contributed by atoms with E-state index in [0.717, 1.165) is 19.3 Å². The van der Waals surface area contributed by atoms with Gasteiger partial charge in [0.15, 0.2) is 0 Å². The number of carbonyl (C=O) groups is 1. The van der Waals surface area contributed by atoms with E-state index >= 15 is 0 Å². The molecule has 6 heteroatoms. The summed E-state index contributed by atoms with van der Waals surface area (Å²) in [6.45, 7) is 5.32. The molecule has 0 aliphatic heterocycles. The van der Waals surface area contributed by atoms with Crippen molar-refractivity contribution in [2.24, 2.45) is 0 Å². The second-order valence-corrected chi connectivity index (χ2v) is 4.95. The van der Waals surface area contributed by atoms with Crippen molar-refractivity contribution < 1.29 is 9.72 Å². The van der Waals surface area contributed by atoms with Gasteiger partial charge in [0.2, 0.25) is 0 Å². The smallest absolute Gasteiger partial charge is 0.282 e. The first-order valence-corrected chi connectivity index (χ1v) is 7.29. The third-order valence-electron chi connectivity index (χ3n) is 3.25. The number of nitrogens with one attached hydrogen (secondary N) is 1. The molecule has 0 aliphatic rings. The average Bonchev–Trinajstić information content (AvgIpc) is 2.46. The standard InChI is InChI=1S/C15H23N3O3/c1-4-6-7-10-17(3)15(19)13-11-12(16-5-2)8-9-14(13)18(20)21/h8-9,11,16H,4-7,10H2,1-3H3. The molecule has 1 N–H and O–H groups in total. The van der Waals surface area contributed by atoms with Gasteiger partial charge in [-0.05, 0) is 25.5 Å². The summed E-state index contributed by atoms with van der Waals surface area (Å²) in [5, 5.41) is 14.2. The van der Waals surface area contributed by atoms with Crippen LogP contribution in [0.4, 0.5) is 11.4 Å². The Labute approximate surface area is 125 Å². The Balaban J connectivity index is 2.98. The number of anilines is 1. The van der Waals surface area contributed by atoms with Crippen molar-refractivity contribution in [2.45, 2.75) is 33.1 Å². The molecule has 116 valence electrons. The average molecular weight is 293 g/mol. The molecular weight excluding hydrogens is 270 g/mol. The molecule has 0 aromatic heterocycles. The fraction of sp³-hybridized carbons (Fsp3) is 0.533. The Morgan fingerprint density at radius 2 is 2.05 bits per heavy atom. The predicted octanol–water partition coefficient (Wildman–Crippen LogP) is 3.29. The third-order valence-corrected chi connectivity index (χ3v) is 3.25. The highest BCUT2D eigenvalue weighted by Crippen LogP contribution is 2.24. The summed E-state index contributed by atoms with van der Waals surface area (Å²) in [6.07, 6.45) is 3.01. The summed E-state index contributed by atoms with van der Waals surface area (Å²) >= 11 is 0. The van der Waals surface area contributed by atoms with Crippen molar-refractivity contribution in [3.8, 4) is 0 Å². The Morgan fingerprint density at radius 1 is 1.33 bits per heavy atom. The number of hydrogen-bond donors (Lipinski definition) is 1. The van der Waals surface area contributed by atoms with Crippen LogP contribution >= 0.6 is 0 Å². The van der Waals surface area contributed by atoms with E-state index in [0.29, 0.717) is 18.8 Å². The maximum absolute atomic E-state index is 12.4. The van der Waals surface area contributed by atoms with Crippen molar-refractivity contribution >= 4 is 17.3 Å². The lowest BCUT2D eigenvalue weighted by Gasteiger charge is -2.17. The topological polar surface area (TPSA) is 75.5 Å². The highest BCUT2D eigenvalue weighted by molar-refractivity contribution is 5.99. The van der Waals surface area contributed by atoms with Crippen LogP contribution in [0.1, 0.15) is 43.5 Å². The van der Waals surface area contributed by atoms with Crippen molar-refractivity contribution in [1.29, 1.82) is 0 Å². The largest absolute Gasteiger partial charge is 0.385 e. The van der Waals surface area contributed by atoms with Crippen LogP contribution in [-0.4, -0.2) is 35.9 Å². The van der Waals surface area contributed by atoms with Gasteiger partial charge in [-0.25, -0.2) is 0 Å². The molecule has 0 bridgehead atoms. The molecule has 0 saturated heterocycles. The summed E-state index contributed by atoms with van der Waals surface area (Å²) in [5.74, 6) is -0.308. The first-order chi connectivity index (χ1) is 10.0. The van der Waals surface area contributed by atoms with Gasteiger partial charge in [0.05, 0.1) is 4.92 Å². The summed E-state index contributed by atoms with van der Waals surface area (Å²) in [6, 6.07) is 4.56. The number of rotatable bonds is 8. The molecule has 0 radical (unpaired) electrons. The van der Waals surface area contributed by atoms with Gasteiger partial charge in [-0.1, -0.05) is 19.8 Å². The zero-order chi connectivity index (χ0) is 15.8. The Kier molecular flexibility index (Phi) is 6.65. The molecule has 0 heterocycles. The molecule has 1 aromatic carbocycles. The lowest BCUT2D eigenvalue weighted by atomic mass is 10.1. The molecule has 0 aliphatic carbocycles. The van der Waals surface area contributed by atoms with Crippen molar-refractivity contribution in [2.75, 3.05) is 25.5 Å². The highest BCUT2D eigenvalue weighted by atomic mass is 16.6. The summed E-state index contributed by atoms with van der Waals surface area (Å²) < 4.78 is 0. The summed E-state index contributed by atoms with van der Waals surface area (Å²) in [5.41, 5.74) is 0.704. The first kappa shape index (κ1) is 16.9. The predicted molar refractivity (Wildman–Crippen MR) is 83.7 cm³/mol. The van der Waals surface area contributed by atoms with E-state index in [-0.39, 0.29) is 17.2 Å². The van der Waals surface area contributed by atoms with E-state index in [1.165, 1.54) is 6.07 Å². The molecule has 0 atom stereocenters. The molecule has 0 unspecified atom stereocenters. The van der Waals surface area contributed by atoms with Crippen LogP contribution in [0.5, 0.6) is 0 Å². The molecule has 21 heavy (non-hydrogen) atoms. The second kappa shape index (κ2) is 8.24. The van der Waals surface area contributed by atoms with E-state index in [2.05, 4.69) is 12.2 Å². The van der Waals surface area contributed by atoms with Gasteiger partial charge >= 0.3 is 0 Å². The maximum Gasteiger partial charge on any atom is 0.282 e. The van der Waals surface area contributed by atoms with Gasteiger partial charge in [-0.2, -0.15) is 0 Å². The minimum absolute atomic E-state index is 0.137. The quantitative estimate of drug-likeness (QED) is 0.453. The van der Waals surface area contributed by atoms with Crippen LogP contribution in [0.25, 0.3) is 0 Å². The molecular formula is C15H23N3O3. The Bertz CT molecular complexity index is 503. The Morgan fingerprint density at radius 3 is 2.62 bits per heavy atom. The number of amides is 1. The van der Waals surface area contributed by atoms with Crippen molar-refractivity contribution in [3.05, 3.63) is 33.9 Å². The van der Waals surface area contributed by atoms with E-state index in [4.69, 9.17) is 0 Å². The minimum atomic E-state index is -0.511. The van der Waals surface area contributed by atoms with Crippen LogP contribution in [0, 0.1) is 10.1 Å². The zero-order valence-corrected chi connectivity index (χ0v) is 12.9. The van der Waals surface area contributed by atoms with E-state index in [9.17, 15) is 14.9 Å². The number of nitro benzene ring substituents is 1. The molecule has 1 aromatic rings. The van der Waals surface area contributed by atoms with Crippen molar-refractivity contribution in [1.82, 2.24) is 4.90 Å². The van der Waals surface area contributed by atoms with Gasteiger partial charge < -0.3 is 10.2 Å². The van der Waals surface area contributed by atoms with E-state index < -0.39 is 4.92 Å². The SMILES string of the molecule is CCCCCN(C)C(=O)c1cc(NCC)ccc1[N+](=O)[O-]. The van der Waals surface area contributed by atoms with Gasteiger partial charge in [-0.3, -0.25) is 14.9 Å². The molecule has 0 saturated carbocycles. The van der Waals surface area contributed by atoms with Crippen molar-refractivity contribution in [3.63, 3.8) is 0 Å². The number of nitro groups is 1. The van der Waals surface area contributed by atoms with Crippen LogP contribution in [0.2, 0.25) is 0 Å². The molecule has 1 amide bonds. The van der Waals surface area contributed by atoms with E-state index in [1.807, 2.05) is 6.92 Å². The van der Waals surface area contributed by atoms with Gasteiger partial charge in [0.25, 0.3) is 11.6 Å². The van der Waals surface area contributed by atoms with Crippen LogP contribution in [-0.2, 0) is 0 Å². The normalized spacial score (nSPS) is 10.2. The first-order valence-electron chi connectivity index (χ1n) is 7.29. The van der Waals surface area contributed by atoms with Gasteiger partial charge in [0.1, 0.15) is 5.56 Å². The molecule has 1 rings (SSSR count). The van der Waals surface area contributed by atoms with E-state index in [1.54, 1.807) is 24.1 Å². The minimum Gasteiger partial charge on any atom is -0.385 e. The number of carbonyl (C=O) groups excluding carboxylic acids is 1. The monoisotopic (exact) mass is 293 g/mol. The van der Waals surface area contributed by atoms with Crippen LogP contribution in [0.15, 0.2) is 18.2 Å². The summed E-state index contributed by atoms with van der Waals surface area (Å²) in [4.78, 5) is 24.5. The fourth-order valence-electron chi connectivity index (χ4n) is 2.09. The second-order valence-electron chi connectivity index (χ2n) is 4.95. The van der Waals surface area contributed by atoms with Crippen LogP contribution < -0.4 is 5.32 Å². The van der Waals surface area contributed by atoms with Gasteiger partial charge in [0, 0.05) is 31.9 Å². The molecule has 0 fully saturated rings. The molecule has 0 spiro atoms. The lowest BCUT2D eigenvalue weighted by molar-refractivity contribution is -0.385. The third kappa shape index (κ3) is 4.73. The molecule has 6 nitrogen and oxygen atoms in total. The lowest BCUT2D eigenvalue weighted by Crippen LogP contribution is -2.28. The van der Waals surface area contributed by atoms with Crippen LogP contribution in [0.3, 0.4) is 0 Å². The number of hydrogen-bond acceptors (Lipinski definition) is 4. The number of unbranched alkanes of at least 4 members (excludes halogenated alkanes) is 2. The van der Waals surface area contributed by atoms with Gasteiger partial charge in [-0.15, -0.1) is 0 Å². The highest BCUT2D eigenvalue weighted by Gasteiger charge is 2.23. The maximum atomic E-state index is 12.4. The Hall–Kier alpha value is -2.11. The fourth-order valence-corrected chi connectivity index (χ4v) is 2.09. The zero-order valence-electron chi connectivity index (χ0n) is 12.9.